The Labute approximate surface area is 175 Å². The van der Waals surface area contributed by atoms with Gasteiger partial charge in [0, 0.05) is 30.2 Å². The number of carbonyl (C=O) groups excluding carboxylic acids is 1. The van der Waals surface area contributed by atoms with E-state index in [-0.39, 0.29) is 11.9 Å². The molecule has 2 aromatic heterocycles. The number of rotatable bonds is 7. The van der Waals surface area contributed by atoms with Crippen molar-refractivity contribution in [3.63, 3.8) is 0 Å². The van der Waals surface area contributed by atoms with Crippen molar-refractivity contribution in [1.82, 2.24) is 19.8 Å². The molecule has 7 heteroatoms. The minimum atomic E-state index is -0.0697. The van der Waals surface area contributed by atoms with E-state index in [0.717, 1.165) is 35.5 Å². The van der Waals surface area contributed by atoms with Crippen LogP contribution >= 0.6 is 11.8 Å². The van der Waals surface area contributed by atoms with Gasteiger partial charge in [0.15, 0.2) is 5.16 Å². The number of furan rings is 1. The molecule has 1 amide bonds. The summed E-state index contributed by atoms with van der Waals surface area (Å²) in [5, 5.41) is 4.02. The number of likely N-dealkylation sites (tertiary alicyclic amines) is 1. The van der Waals surface area contributed by atoms with Crippen molar-refractivity contribution < 1.29 is 9.21 Å². The molecule has 1 aliphatic heterocycles. The summed E-state index contributed by atoms with van der Waals surface area (Å²) in [6.45, 7) is 4.56. The number of aromatic nitrogens is 2. The molecule has 1 N–H and O–H groups in total. The molecule has 1 aliphatic rings. The second kappa shape index (κ2) is 8.88. The van der Waals surface area contributed by atoms with Gasteiger partial charge in [0.25, 0.3) is 5.91 Å². The number of nitrogens with one attached hydrogen (secondary N) is 1. The minimum absolute atomic E-state index is 0.0697. The van der Waals surface area contributed by atoms with Gasteiger partial charge in [-0.05, 0) is 75.5 Å². The van der Waals surface area contributed by atoms with E-state index in [2.05, 4.69) is 15.2 Å². The van der Waals surface area contributed by atoms with Crippen molar-refractivity contribution in [3.05, 3.63) is 65.9 Å². The number of benzene rings is 1. The summed E-state index contributed by atoms with van der Waals surface area (Å²) in [4.78, 5) is 19.5. The van der Waals surface area contributed by atoms with E-state index in [1.165, 1.54) is 12.8 Å². The van der Waals surface area contributed by atoms with Gasteiger partial charge in [-0.1, -0.05) is 11.8 Å². The highest BCUT2D eigenvalue weighted by Crippen LogP contribution is 2.26. The Bertz CT molecular complexity index is 957. The Morgan fingerprint density at radius 1 is 1.21 bits per heavy atom. The second-order valence-electron chi connectivity index (χ2n) is 7.25. The molecule has 3 aromatic rings. The Morgan fingerprint density at radius 3 is 2.62 bits per heavy atom. The SMILES string of the molecule is CSc1nccn1-c1ccc(C(=O)NCC(c2ccc(C)o2)N2CCCC2)cc1. The standard InChI is InChI=1S/C22H26N4O2S/c1-16-5-10-20(28-16)19(25-12-3-4-13-25)15-24-21(27)17-6-8-18(9-7-17)26-14-11-23-22(26)29-2/h5-11,14,19H,3-4,12-13,15H2,1-2H3,(H,24,27). The second-order valence-corrected chi connectivity index (χ2v) is 8.02. The third kappa shape index (κ3) is 4.41. The lowest BCUT2D eigenvalue weighted by molar-refractivity contribution is 0.0933. The zero-order valence-corrected chi connectivity index (χ0v) is 17.6. The van der Waals surface area contributed by atoms with E-state index in [9.17, 15) is 4.79 Å². The molecule has 1 saturated heterocycles. The minimum Gasteiger partial charge on any atom is -0.465 e. The predicted molar refractivity (Wildman–Crippen MR) is 115 cm³/mol. The number of hydrogen-bond donors (Lipinski definition) is 1. The molecule has 4 rings (SSSR count). The molecule has 0 spiro atoms. The van der Waals surface area contributed by atoms with Crippen molar-refractivity contribution >= 4 is 17.7 Å². The predicted octanol–water partition coefficient (Wildman–Crippen LogP) is 4.06. The van der Waals surface area contributed by atoms with Crippen LogP contribution in [0.1, 0.15) is 40.8 Å². The summed E-state index contributed by atoms with van der Waals surface area (Å²) in [5.41, 5.74) is 1.64. The first kappa shape index (κ1) is 19.8. The molecule has 6 nitrogen and oxygen atoms in total. The lowest BCUT2D eigenvalue weighted by atomic mass is 10.1. The monoisotopic (exact) mass is 410 g/mol. The van der Waals surface area contributed by atoms with Gasteiger partial charge in [0.2, 0.25) is 0 Å². The summed E-state index contributed by atoms with van der Waals surface area (Å²) < 4.78 is 7.88. The fraction of sp³-hybridized carbons (Fsp3) is 0.364. The summed E-state index contributed by atoms with van der Waals surface area (Å²) in [5.74, 6) is 1.75. The molecule has 0 saturated carbocycles. The number of imidazole rings is 1. The molecule has 1 fully saturated rings. The first-order chi connectivity index (χ1) is 14.2. The highest BCUT2D eigenvalue weighted by molar-refractivity contribution is 7.98. The van der Waals surface area contributed by atoms with Gasteiger partial charge >= 0.3 is 0 Å². The van der Waals surface area contributed by atoms with Gasteiger partial charge in [0.1, 0.15) is 11.5 Å². The zero-order valence-electron chi connectivity index (χ0n) is 16.8. The third-order valence-corrected chi connectivity index (χ3v) is 5.99. The summed E-state index contributed by atoms with van der Waals surface area (Å²) in [6, 6.07) is 11.7. The van der Waals surface area contributed by atoms with Crippen molar-refractivity contribution in [2.24, 2.45) is 0 Å². The van der Waals surface area contributed by atoms with Gasteiger partial charge < -0.3 is 9.73 Å². The van der Waals surface area contributed by atoms with E-state index >= 15 is 0 Å². The van der Waals surface area contributed by atoms with E-state index < -0.39 is 0 Å². The largest absolute Gasteiger partial charge is 0.465 e. The molecule has 29 heavy (non-hydrogen) atoms. The van der Waals surface area contributed by atoms with Gasteiger partial charge in [-0.2, -0.15) is 0 Å². The molecule has 1 aromatic carbocycles. The third-order valence-electron chi connectivity index (χ3n) is 5.32. The van der Waals surface area contributed by atoms with E-state index in [4.69, 9.17) is 4.42 Å². The van der Waals surface area contributed by atoms with Crippen LogP contribution in [0.25, 0.3) is 5.69 Å². The number of nitrogens with zero attached hydrogens (tertiary/aromatic N) is 3. The zero-order chi connectivity index (χ0) is 20.2. The van der Waals surface area contributed by atoms with Crippen molar-refractivity contribution in [3.8, 4) is 5.69 Å². The highest BCUT2D eigenvalue weighted by atomic mass is 32.2. The number of carbonyl (C=O) groups is 1. The lowest BCUT2D eigenvalue weighted by Gasteiger charge is -2.26. The topological polar surface area (TPSA) is 63.3 Å². The summed E-state index contributed by atoms with van der Waals surface area (Å²) in [7, 11) is 0. The van der Waals surface area contributed by atoms with Crippen LogP contribution in [-0.4, -0.2) is 46.2 Å². The maximum atomic E-state index is 12.7. The van der Waals surface area contributed by atoms with Crippen LogP contribution in [0.2, 0.25) is 0 Å². The van der Waals surface area contributed by atoms with Crippen LogP contribution < -0.4 is 5.32 Å². The Morgan fingerprint density at radius 2 is 1.97 bits per heavy atom. The summed E-state index contributed by atoms with van der Waals surface area (Å²) in [6.07, 6.45) is 8.09. The van der Waals surface area contributed by atoms with Gasteiger partial charge in [-0.15, -0.1) is 0 Å². The molecule has 152 valence electrons. The normalized spacial score (nSPS) is 15.5. The van der Waals surface area contributed by atoms with Crippen LogP contribution in [-0.2, 0) is 0 Å². The smallest absolute Gasteiger partial charge is 0.251 e. The number of hydrogen-bond acceptors (Lipinski definition) is 5. The van der Waals surface area contributed by atoms with Crippen LogP contribution in [0.5, 0.6) is 0 Å². The average Bonchev–Trinajstić information content (AvgIpc) is 3.50. The highest BCUT2D eigenvalue weighted by Gasteiger charge is 2.26. The summed E-state index contributed by atoms with van der Waals surface area (Å²) >= 11 is 1.59. The van der Waals surface area contributed by atoms with Crippen LogP contribution in [0, 0.1) is 6.92 Å². The fourth-order valence-electron chi connectivity index (χ4n) is 3.80. The van der Waals surface area contributed by atoms with Crippen molar-refractivity contribution in [1.29, 1.82) is 0 Å². The average molecular weight is 411 g/mol. The van der Waals surface area contributed by atoms with Crippen LogP contribution in [0.15, 0.2) is 58.4 Å². The van der Waals surface area contributed by atoms with Crippen molar-refractivity contribution in [2.75, 3.05) is 25.9 Å². The molecule has 1 unspecified atom stereocenters. The van der Waals surface area contributed by atoms with E-state index in [1.54, 1.807) is 18.0 Å². The van der Waals surface area contributed by atoms with E-state index in [0.29, 0.717) is 12.1 Å². The Balaban J connectivity index is 1.44. The van der Waals surface area contributed by atoms with E-state index in [1.807, 2.05) is 60.3 Å². The first-order valence-electron chi connectivity index (χ1n) is 9.92. The molecule has 1 atom stereocenters. The van der Waals surface area contributed by atoms with Crippen LogP contribution in [0.3, 0.4) is 0 Å². The Hall–Kier alpha value is -2.51. The van der Waals surface area contributed by atoms with Gasteiger partial charge in [-0.3, -0.25) is 14.3 Å². The number of amides is 1. The molecule has 3 heterocycles. The number of thioether (sulfide) groups is 1. The van der Waals surface area contributed by atoms with Gasteiger partial charge in [-0.25, -0.2) is 4.98 Å². The van der Waals surface area contributed by atoms with Crippen LogP contribution in [0.4, 0.5) is 0 Å². The maximum Gasteiger partial charge on any atom is 0.251 e. The molecule has 0 radical (unpaired) electrons. The van der Waals surface area contributed by atoms with Gasteiger partial charge in [0.05, 0.1) is 6.04 Å². The fourth-order valence-corrected chi connectivity index (χ4v) is 4.33. The number of aryl methyl sites for hydroxylation is 1. The first-order valence-corrected chi connectivity index (χ1v) is 11.1. The molecular formula is C22H26N4O2S. The lowest BCUT2D eigenvalue weighted by Crippen LogP contribution is -2.36. The maximum absolute atomic E-state index is 12.7. The quantitative estimate of drug-likeness (QED) is 0.595. The molecular weight excluding hydrogens is 384 g/mol. The van der Waals surface area contributed by atoms with Crippen molar-refractivity contribution in [2.45, 2.75) is 31.0 Å². The Kier molecular flexibility index (Phi) is 6.06. The molecule has 0 aliphatic carbocycles. The molecule has 0 bridgehead atoms.